The van der Waals surface area contributed by atoms with Gasteiger partial charge in [-0.15, -0.1) is 0 Å². The number of pyridine rings is 1. The first kappa shape index (κ1) is 23.1. The zero-order valence-electron chi connectivity index (χ0n) is 15.2. The van der Waals surface area contributed by atoms with Gasteiger partial charge in [0.05, 0.1) is 12.7 Å². The summed E-state index contributed by atoms with van der Waals surface area (Å²) in [6.07, 6.45) is 1.22. The summed E-state index contributed by atoms with van der Waals surface area (Å²) in [6.45, 7) is 0.403. The molecule has 2 amide bonds. The van der Waals surface area contributed by atoms with Gasteiger partial charge in [-0.1, -0.05) is 11.6 Å². The molecule has 0 aromatic carbocycles. The van der Waals surface area contributed by atoms with Crippen LogP contribution in [0.5, 0.6) is 5.88 Å². The van der Waals surface area contributed by atoms with Gasteiger partial charge in [-0.3, -0.25) is 4.79 Å². The second-order valence-electron chi connectivity index (χ2n) is 4.99. The van der Waals surface area contributed by atoms with Gasteiger partial charge in [0.1, 0.15) is 17.7 Å². The molecule has 2 aromatic rings. The summed E-state index contributed by atoms with van der Waals surface area (Å²) < 4.78 is 38.4. The van der Waals surface area contributed by atoms with Crippen molar-refractivity contribution >= 4 is 39.5 Å². The number of methoxy groups -OCH3 is 1. The van der Waals surface area contributed by atoms with Crippen LogP contribution in [0, 0.1) is 0 Å². The summed E-state index contributed by atoms with van der Waals surface area (Å²) in [5, 5.41) is 5.19. The molecule has 148 valence electrons. The van der Waals surface area contributed by atoms with E-state index in [-0.39, 0.29) is 71.2 Å². The number of nitrogens with zero attached hydrogens (tertiary/aromatic N) is 5. The zero-order chi connectivity index (χ0) is 20.1. The normalized spacial score (nSPS) is 13.1. The molecule has 0 saturated carbocycles. The Bertz CT molecular complexity index is 1040. The molecule has 3 heterocycles. The van der Waals surface area contributed by atoms with Gasteiger partial charge >= 0.3 is 29.6 Å². The van der Waals surface area contributed by atoms with Crippen LogP contribution in [0.1, 0.15) is 5.56 Å². The number of rotatable bonds is 5. The predicted molar refractivity (Wildman–Crippen MR) is 95.8 cm³/mol. The van der Waals surface area contributed by atoms with Gasteiger partial charge < -0.3 is 24.4 Å². The molecule has 0 saturated heterocycles. The fraction of sp³-hybridized carbons (Fsp3) is 0.214. The number of ether oxygens (including phenoxy) is 2. The number of carbonyl (C=O) groups excluding carboxylic acids is 1. The molecule has 0 bridgehead atoms. The number of hydrogen-bond donors (Lipinski definition) is 1. The SMILES string of the molecule is COc1cc(Cl)nc(NC(=O)[N-]S(=O)(=O)c2ncccc2C2=NOCCO2)n1.[Na+]. The van der Waals surface area contributed by atoms with Crippen LogP contribution in [0.15, 0.2) is 34.6 Å². The Kier molecular flexibility index (Phi) is 7.98. The molecule has 2 aromatic heterocycles. The van der Waals surface area contributed by atoms with E-state index in [0.717, 1.165) is 0 Å². The van der Waals surface area contributed by atoms with Crippen molar-refractivity contribution < 1.29 is 57.1 Å². The average molecular weight is 451 g/mol. The number of anilines is 1. The third-order valence-electron chi connectivity index (χ3n) is 3.11. The summed E-state index contributed by atoms with van der Waals surface area (Å²) in [6, 6.07) is 2.91. The van der Waals surface area contributed by atoms with Crippen molar-refractivity contribution in [2.45, 2.75) is 5.03 Å². The number of halogens is 1. The number of hydrogen-bond acceptors (Lipinski definition) is 10. The van der Waals surface area contributed by atoms with Gasteiger partial charge in [0.15, 0.2) is 17.7 Å². The fourth-order valence-electron chi connectivity index (χ4n) is 2.02. The number of sulfonamides is 1. The minimum Gasteiger partial charge on any atom is -0.481 e. The summed E-state index contributed by atoms with van der Waals surface area (Å²) in [5.41, 5.74) is -0.000533. The number of urea groups is 1. The van der Waals surface area contributed by atoms with Crippen LogP contribution >= 0.6 is 11.6 Å². The minimum absolute atomic E-state index is 0. The van der Waals surface area contributed by atoms with Gasteiger partial charge in [-0.25, -0.2) is 18.4 Å². The van der Waals surface area contributed by atoms with Crippen LogP contribution < -0.4 is 39.6 Å². The summed E-state index contributed by atoms with van der Waals surface area (Å²) in [5.74, 6) is -0.308. The van der Waals surface area contributed by atoms with Crippen LogP contribution in [-0.2, 0) is 19.6 Å². The molecule has 3 rings (SSSR count). The maximum absolute atomic E-state index is 12.6. The molecule has 0 aliphatic carbocycles. The van der Waals surface area contributed by atoms with Gasteiger partial charge in [-0.2, -0.15) is 4.98 Å². The van der Waals surface area contributed by atoms with E-state index in [1.54, 1.807) is 0 Å². The van der Waals surface area contributed by atoms with E-state index < -0.39 is 21.1 Å². The molecule has 15 heteroatoms. The van der Waals surface area contributed by atoms with Gasteiger partial charge in [-0.05, 0) is 17.3 Å². The third kappa shape index (κ3) is 5.90. The summed E-state index contributed by atoms with van der Waals surface area (Å²) in [4.78, 5) is 28.3. The molecule has 1 aliphatic heterocycles. The summed E-state index contributed by atoms with van der Waals surface area (Å²) >= 11 is 5.77. The smallest absolute Gasteiger partial charge is 0.481 e. The molecule has 1 aliphatic rings. The zero-order valence-corrected chi connectivity index (χ0v) is 18.8. The van der Waals surface area contributed by atoms with Crippen molar-refractivity contribution in [3.63, 3.8) is 0 Å². The molecule has 0 spiro atoms. The second kappa shape index (κ2) is 10.0. The molecule has 1 N–H and O–H groups in total. The average Bonchev–Trinajstić information content (AvgIpc) is 2.67. The second-order valence-corrected chi connectivity index (χ2v) is 6.89. The van der Waals surface area contributed by atoms with E-state index in [1.165, 1.54) is 31.5 Å². The molecular formula is C14H12ClN6NaO6S. The molecule has 29 heavy (non-hydrogen) atoms. The number of aromatic nitrogens is 3. The molecule has 0 radical (unpaired) electrons. The van der Waals surface area contributed by atoms with Crippen molar-refractivity contribution in [1.82, 2.24) is 15.0 Å². The Balaban J connectivity index is 0.00000300. The van der Waals surface area contributed by atoms with Crippen LogP contribution in [0.2, 0.25) is 5.15 Å². The number of carbonyl (C=O) groups is 1. The maximum Gasteiger partial charge on any atom is 1.00 e. The van der Waals surface area contributed by atoms with E-state index in [4.69, 9.17) is 25.9 Å². The van der Waals surface area contributed by atoms with Gasteiger partial charge in [0, 0.05) is 12.3 Å². The van der Waals surface area contributed by atoms with Crippen molar-refractivity contribution in [1.29, 1.82) is 0 Å². The van der Waals surface area contributed by atoms with Crippen molar-refractivity contribution in [2.24, 2.45) is 5.16 Å². The first-order valence-corrected chi connectivity index (χ1v) is 9.36. The Morgan fingerprint density at radius 1 is 1.34 bits per heavy atom. The van der Waals surface area contributed by atoms with Crippen LogP contribution in [0.3, 0.4) is 0 Å². The Morgan fingerprint density at radius 2 is 2.14 bits per heavy atom. The topological polar surface area (TPSA) is 156 Å². The van der Waals surface area contributed by atoms with Crippen LogP contribution in [-0.4, -0.2) is 55.6 Å². The molecule has 0 atom stereocenters. The number of amides is 2. The predicted octanol–water partition coefficient (Wildman–Crippen LogP) is -1.46. The Morgan fingerprint density at radius 3 is 2.83 bits per heavy atom. The summed E-state index contributed by atoms with van der Waals surface area (Å²) in [7, 11) is -3.18. The minimum atomic E-state index is -4.52. The molecule has 0 fully saturated rings. The standard InChI is InChI=1S/C14H13ClN6O6S.Na/c1-25-10-7-9(15)17-13(18-10)19-14(22)21-28(23,24)12-8(3-2-4-16-12)11-20-27-6-5-26-11;/h2-4,7H,5-6H2,1H3,(H2,17,18,19,21,22);/q;+1/p-1. The number of oxime groups is 1. The first-order valence-electron chi connectivity index (χ1n) is 7.55. The van der Waals surface area contributed by atoms with Crippen molar-refractivity contribution in [2.75, 3.05) is 25.6 Å². The van der Waals surface area contributed by atoms with E-state index in [2.05, 4.69) is 30.1 Å². The van der Waals surface area contributed by atoms with Crippen molar-refractivity contribution in [3.8, 4) is 5.88 Å². The first-order chi connectivity index (χ1) is 13.4. The van der Waals surface area contributed by atoms with Gasteiger partial charge in [0.25, 0.3) is 5.90 Å². The Labute approximate surface area is 192 Å². The third-order valence-corrected chi connectivity index (χ3v) is 4.52. The molecular weight excluding hydrogens is 439 g/mol. The van der Waals surface area contributed by atoms with Crippen LogP contribution in [0.25, 0.3) is 4.72 Å². The van der Waals surface area contributed by atoms with Gasteiger partial charge in [0.2, 0.25) is 15.9 Å². The van der Waals surface area contributed by atoms with E-state index in [9.17, 15) is 13.2 Å². The quantitative estimate of drug-likeness (QED) is 0.424. The fourth-order valence-corrected chi connectivity index (χ4v) is 3.17. The van der Waals surface area contributed by atoms with E-state index >= 15 is 0 Å². The molecule has 0 unspecified atom stereocenters. The van der Waals surface area contributed by atoms with Crippen LogP contribution in [0.4, 0.5) is 10.7 Å². The van der Waals surface area contributed by atoms with E-state index in [1.807, 2.05) is 0 Å². The largest absolute Gasteiger partial charge is 1.00 e. The maximum atomic E-state index is 12.6. The molecule has 12 nitrogen and oxygen atoms in total. The van der Waals surface area contributed by atoms with E-state index in [0.29, 0.717) is 0 Å². The Hall–Kier alpha value is -2.19. The monoisotopic (exact) mass is 450 g/mol. The van der Waals surface area contributed by atoms with Crippen molar-refractivity contribution in [3.05, 3.63) is 39.8 Å². The number of nitrogens with one attached hydrogen (secondary N) is 1.